The van der Waals surface area contributed by atoms with Crippen LogP contribution >= 0.6 is 0 Å². The summed E-state index contributed by atoms with van der Waals surface area (Å²) in [5, 5.41) is 2.89. The Morgan fingerprint density at radius 3 is 2.14 bits per heavy atom. The molecule has 0 aliphatic rings. The number of ether oxygens (including phenoxy) is 4. The van der Waals surface area contributed by atoms with Crippen LogP contribution in [0.4, 0.5) is 0 Å². The van der Waals surface area contributed by atoms with E-state index in [1.54, 1.807) is 6.07 Å². The summed E-state index contributed by atoms with van der Waals surface area (Å²) >= 11 is 0. The van der Waals surface area contributed by atoms with Gasteiger partial charge in [0.1, 0.15) is 5.56 Å². The van der Waals surface area contributed by atoms with Gasteiger partial charge in [0.05, 0.1) is 27.4 Å². The van der Waals surface area contributed by atoms with Crippen molar-refractivity contribution < 1.29 is 28.5 Å². The van der Waals surface area contributed by atoms with E-state index < -0.39 is 12.6 Å². The highest BCUT2D eigenvalue weighted by atomic mass is 16.5. The monoisotopic (exact) mass is 401 g/mol. The zero-order valence-electron chi connectivity index (χ0n) is 17.4. The van der Waals surface area contributed by atoms with E-state index in [0.717, 1.165) is 11.1 Å². The van der Waals surface area contributed by atoms with Crippen LogP contribution in [0.25, 0.3) is 0 Å². The second kappa shape index (κ2) is 10.4. The van der Waals surface area contributed by atoms with Gasteiger partial charge in [-0.05, 0) is 31.0 Å². The van der Waals surface area contributed by atoms with Gasteiger partial charge >= 0.3 is 5.97 Å². The first-order valence-corrected chi connectivity index (χ1v) is 9.27. The van der Waals surface area contributed by atoms with Crippen LogP contribution < -0.4 is 19.5 Å². The Kier molecular flexibility index (Phi) is 7.88. The summed E-state index contributed by atoms with van der Waals surface area (Å²) in [5.41, 5.74) is 2.29. The maximum atomic E-state index is 12.5. The van der Waals surface area contributed by atoms with Gasteiger partial charge in [0.15, 0.2) is 18.1 Å². The third kappa shape index (κ3) is 5.40. The molecule has 0 heterocycles. The zero-order chi connectivity index (χ0) is 21.4. The summed E-state index contributed by atoms with van der Waals surface area (Å²) in [6.07, 6.45) is 0.715. The molecule has 2 aromatic rings. The van der Waals surface area contributed by atoms with Crippen molar-refractivity contribution in [2.45, 2.75) is 26.3 Å². The van der Waals surface area contributed by atoms with Crippen LogP contribution in [-0.2, 0) is 9.53 Å². The molecule has 0 unspecified atom stereocenters. The van der Waals surface area contributed by atoms with E-state index in [4.69, 9.17) is 18.9 Å². The summed E-state index contributed by atoms with van der Waals surface area (Å²) < 4.78 is 20.9. The third-order valence-corrected chi connectivity index (χ3v) is 4.48. The molecule has 0 aliphatic carbocycles. The first-order chi connectivity index (χ1) is 13.9. The van der Waals surface area contributed by atoms with Gasteiger partial charge in [-0.1, -0.05) is 36.8 Å². The molecule has 0 fully saturated rings. The Bertz CT molecular complexity index is 847. The first-order valence-electron chi connectivity index (χ1n) is 9.27. The molecule has 0 bridgehead atoms. The van der Waals surface area contributed by atoms with Crippen molar-refractivity contribution in [3.63, 3.8) is 0 Å². The molecule has 0 radical (unpaired) electrons. The van der Waals surface area contributed by atoms with Crippen molar-refractivity contribution >= 4 is 11.9 Å². The predicted molar refractivity (Wildman–Crippen MR) is 109 cm³/mol. The number of carbonyl (C=O) groups excluding carboxylic acids is 2. The molecule has 0 spiro atoms. The Morgan fingerprint density at radius 1 is 0.931 bits per heavy atom. The maximum Gasteiger partial charge on any atom is 0.342 e. The number of aryl methyl sites for hydroxylation is 1. The molecular weight excluding hydrogens is 374 g/mol. The molecular formula is C22H27NO6. The summed E-state index contributed by atoms with van der Waals surface area (Å²) in [5.74, 6) is -0.197. The van der Waals surface area contributed by atoms with E-state index >= 15 is 0 Å². The standard InChI is InChI=1S/C22H27NO6/c1-6-17(15-9-7-14(2)8-10-15)23-19(24)13-29-22(25)16-11-12-18(26-3)21(28-5)20(16)27-4/h7-12,17H,6,13H2,1-5H3,(H,23,24)/t17-/m0/s1. The summed E-state index contributed by atoms with van der Waals surface area (Å²) in [4.78, 5) is 24.8. The van der Waals surface area contributed by atoms with Gasteiger partial charge in [-0.25, -0.2) is 4.79 Å². The van der Waals surface area contributed by atoms with Crippen molar-refractivity contribution in [3.8, 4) is 17.2 Å². The fraction of sp³-hybridized carbons (Fsp3) is 0.364. The second-order valence-corrected chi connectivity index (χ2v) is 6.40. The van der Waals surface area contributed by atoms with Crippen LogP contribution in [0.5, 0.6) is 17.2 Å². The number of hydrogen-bond donors (Lipinski definition) is 1. The van der Waals surface area contributed by atoms with E-state index in [1.807, 2.05) is 38.1 Å². The normalized spacial score (nSPS) is 11.3. The molecule has 1 N–H and O–H groups in total. The summed E-state index contributed by atoms with van der Waals surface area (Å²) in [6, 6.07) is 10.9. The average molecular weight is 401 g/mol. The molecule has 0 saturated heterocycles. The smallest absolute Gasteiger partial charge is 0.342 e. The van der Waals surface area contributed by atoms with E-state index in [9.17, 15) is 9.59 Å². The van der Waals surface area contributed by atoms with Gasteiger partial charge in [0.2, 0.25) is 5.75 Å². The minimum absolute atomic E-state index is 0.142. The maximum absolute atomic E-state index is 12.5. The highest BCUT2D eigenvalue weighted by molar-refractivity contribution is 5.95. The molecule has 1 amide bonds. The molecule has 29 heavy (non-hydrogen) atoms. The molecule has 0 aromatic heterocycles. The Labute approximate surface area is 170 Å². The van der Waals surface area contributed by atoms with Crippen LogP contribution in [0.15, 0.2) is 36.4 Å². The first kappa shape index (κ1) is 22.1. The van der Waals surface area contributed by atoms with Crippen molar-refractivity contribution in [1.29, 1.82) is 0 Å². The quantitative estimate of drug-likeness (QED) is 0.648. The van der Waals surface area contributed by atoms with Gasteiger partial charge in [-0.2, -0.15) is 0 Å². The third-order valence-electron chi connectivity index (χ3n) is 4.48. The van der Waals surface area contributed by atoms with E-state index in [2.05, 4.69) is 5.32 Å². The van der Waals surface area contributed by atoms with Gasteiger partial charge in [0, 0.05) is 0 Å². The topological polar surface area (TPSA) is 83.1 Å². The van der Waals surface area contributed by atoms with Gasteiger partial charge in [-0.15, -0.1) is 0 Å². The van der Waals surface area contributed by atoms with Gasteiger partial charge < -0.3 is 24.3 Å². The molecule has 0 aliphatic heterocycles. The Morgan fingerprint density at radius 2 is 1.59 bits per heavy atom. The summed E-state index contributed by atoms with van der Waals surface area (Å²) in [6.45, 7) is 3.58. The number of benzene rings is 2. The number of methoxy groups -OCH3 is 3. The lowest BCUT2D eigenvalue weighted by molar-refractivity contribution is -0.125. The fourth-order valence-electron chi connectivity index (χ4n) is 2.93. The molecule has 7 nitrogen and oxygen atoms in total. The van der Waals surface area contributed by atoms with Crippen LogP contribution in [0.3, 0.4) is 0 Å². The fourth-order valence-corrected chi connectivity index (χ4v) is 2.93. The van der Waals surface area contributed by atoms with Crippen molar-refractivity contribution in [3.05, 3.63) is 53.1 Å². The van der Waals surface area contributed by atoms with Crippen LogP contribution in [-0.4, -0.2) is 39.8 Å². The second-order valence-electron chi connectivity index (χ2n) is 6.40. The van der Waals surface area contributed by atoms with Crippen molar-refractivity contribution in [2.75, 3.05) is 27.9 Å². The summed E-state index contributed by atoms with van der Waals surface area (Å²) in [7, 11) is 4.34. The Hall–Kier alpha value is -3.22. The molecule has 1 atom stereocenters. The number of esters is 1. The molecule has 0 saturated carbocycles. The number of carbonyl (C=O) groups is 2. The van der Waals surface area contributed by atoms with E-state index in [1.165, 1.54) is 27.4 Å². The van der Waals surface area contributed by atoms with Gasteiger partial charge in [0.25, 0.3) is 5.91 Å². The van der Waals surface area contributed by atoms with Gasteiger partial charge in [-0.3, -0.25) is 4.79 Å². The minimum atomic E-state index is -0.693. The lowest BCUT2D eigenvalue weighted by Gasteiger charge is -2.18. The Balaban J connectivity index is 2.04. The molecule has 2 rings (SSSR count). The number of amides is 1. The SMILES string of the molecule is CC[C@H](NC(=O)COC(=O)c1ccc(OC)c(OC)c1OC)c1ccc(C)cc1. The lowest BCUT2D eigenvalue weighted by Crippen LogP contribution is -2.32. The highest BCUT2D eigenvalue weighted by Crippen LogP contribution is 2.39. The van der Waals surface area contributed by atoms with Crippen LogP contribution in [0.1, 0.15) is 40.9 Å². The number of rotatable bonds is 9. The molecule has 156 valence electrons. The van der Waals surface area contributed by atoms with Crippen molar-refractivity contribution in [2.24, 2.45) is 0 Å². The number of nitrogens with one attached hydrogen (secondary N) is 1. The van der Waals surface area contributed by atoms with E-state index in [0.29, 0.717) is 12.2 Å². The van der Waals surface area contributed by atoms with Crippen LogP contribution in [0.2, 0.25) is 0 Å². The lowest BCUT2D eigenvalue weighted by atomic mass is 10.0. The molecule has 7 heteroatoms. The minimum Gasteiger partial charge on any atom is -0.493 e. The largest absolute Gasteiger partial charge is 0.493 e. The molecule has 2 aromatic carbocycles. The van der Waals surface area contributed by atoms with Crippen molar-refractivity contribution in [1.82, 2.24) is 5.32 Å². The average Bonchev–Trinajstić information content (AvgIpc) is 2.75. The zero-order valence-corrected chi connectivity index (χ0v) is 17.4. The number of hydrogen-bond acceptors (Lipinski definition) is 6. The highest BCUT2D eigenvalue weighted by Gasteiger charge is 2.22. The van der Waals surface area contributed by atoms with Crippen LogP contribution in [0, 0.1) is 6.92 Å². The predicted octanol–water partition coefficient (Wildman–Crippen LogP) is 3.45. The van der Waals surface area contributed by atoms with E-state index in [-0.39, 0.29) is 29.0 Å².